The van der Waals surface area contributed by atoms with E-state index in [0.29, 0.717) is 0 Å². The van der Waals surface area contributed by atoms with Crippen LogP contribution < -0.4 is 10.2 Å². The predicted molar refractivity (Wildman–Crippen MR) is 78.3 cm³/mol. The van der Waals surface area contributed by atoms with Crippen molar-refractivity contribution in [2.75, 3.05) is 26.0 Å². The smallest absolute Gasteiger partial charge is 0.0756 e. The third-order valence-electron chi connectivity index (χ3n) is 3.12. The number of benzene rings is 1. The molecular weight excluding hydrogens is 222 g/mol. The molecule has 2 aromatic rings. The van der Waals surface area contributed by atoms with Crippen molar-refractivity contribution in [3.05, 3.63) is 35.0 Å². The Kier molecular flexibility index (Phi) is 3.53. The summed E-state index contributed by atoms with van der Waals surface area (Å²) in [6.07, 6.45) is 0. The molecular formula is C15H21N3. The average molecular weight is 243 g/mol. The first kappa shape index (κ1) is 12.8. The van der Waals surface area contributed by atoms with Crippen LogP contribution >= 0.6 is 0 Å². The van der Waals surface area contributed by atoms with Crippen LogP contribution in [0.2, 0.25) is 0 Å². The minimum atomic E-state index is 0.796. The fourth-order valence-electron chi connectivity index (χ4n) is 2.36. The first-order valence-electron chi connectivity index (χ1n) is 6.25. The SMILES string of the molecule is CNCc1cc(N(C)C)c2cc(C)cc(C)c2n1. The summed E-state index contributed by atoms with van der Waals surface area (Å²) in [7, 11) is 6.11. The standard InChI is InChI=1S/C15H21N3/c1-10-6-11(2)15-13(7-10)14(18(4)5)8-12(17-15)9-16-3/h6-8,16H,9H2,1-5H3. The normalized spacial score (nSPS) is 10.9. The lowest BCUT2D eigenvalue weighted by atomic mass is 10.0. The van der Waals surface area contributed by atoms with Gasteiger partial charge in [0.25, 0.3) is 0 Å². The number of rotatable bonds is 3. The van der Waals surface area contributed by atoms with Gasteiger partial charge in [0.2, 0.25) is 0 Å². The van der Waals surface area contributed by atoms with E-state index in [0.717, 1.165) is 17.8 Å². The van der Waals surface area contributed by atoms with Gasteiger partial charge in [-0.3, -0.25) is 4.98 Å². The third kappa shape index (κ3) is 2.31. The maximum absolute atomic E-state index is 4.76. The molecule has 0 fully saturated rings. The highest BCUT2D eigenvalue weighted by Crippen LogP contribution is 2.28. The molecule has 2 rings (SSSR count). The Morgan fingerprint density at radius 1 is 1.17 bits per heavy atom. The minimum absolute atomic E-state index is 0.796. The fraction of sp³-hybridized carbons (Fsp3) is 0.400. The topological polar surface area (TPSA) is 28.2 Å². The van der Waals surface area contributed by atoms with Crippen LogP contribution in [0, 0.1) is 13.8 Å². The van der Waals surface area contributed by atoms with Gasteiger partial charge >= 0.3 is 0 Å². The molecule has 0 aliphatic carbocycles. The van der Waals surface area contributed by atoms with Crippen molar-refractivity contribution >= 4 is 16.6 Å². The van der Waals surface area contributed by atoms with Crippen LogP contribution in [0.25, 0.3) is 10.9 Å². The van der Waals surface area contributed by atoms with E-state index >= 15 is 0 Å². The van der Waals surface area contributed by atoms with Gasteiger partial charge in [0.05, 0.1) is 11.2 Å². The summed E-state index contributed by atoms with van der Waals surface area (Å²) in [4.78, 5) is 6.91. The highest BCUT2D eigenvalue weighted by molar-refractivity contribution is 5.94. The van der Waals surface area contributed by atoms with Gasteiger partial charge in [-0.05, 0) is 38.6 Å². The van der Waals surface area contributed by atoms with Crippen molar-refractivity contribution in [3.8, 4) is 0 Å². The van der Waals surface area contributed by atoms with Crippen LogP contribution in [0.5, 0.6) is 0 Å². The summed E-state index contributed by atoms with van der Waals surface area (Å²) in [5.74, 6) is 0. The molecule has 0 spiro atoms. The monoisotopic (exact) mass is 243 g/mol. The summed E-state index contributed by atoms with van der Waals surface area (Å²) in [6, 6.07) is 6.57. The zero-order chi connectivity index (χ0) is 13.3. The number of anilines is 1. The van der Waals surface area contributed by atoms with Gasteiger partial charge in [-0.1, -0.05) is 11.6 Å². The fourth-order valence-corrected chi connectivity index (χ4v) is 2.36. The van der Waals surface area contributed by atoms with Crippen molar-refractivity contribution in [2.45, 2.75) is 20.4 Å². The van der Waals surface area contributed by atoms with Gasteiger partial charge in [-0.15, -0.1) is 0 Å². The van der Waals surface area contributed by atoms with E-state index in [4.69, 9.17) is 4.98 Å². The summed E-state index contributed by atoms with van der Waals surface area (Å²) in [5, 5.41) is 4.40. The molecule has 0 saturated heterocycles. The van der Waals surface area contributed by atoms with Crippen LogP contribution in [0.15, 0.2) is 18.2 Å². The Labute approximate surface area is 109 Å². The van der Waals surface area contributed by atoms with Gasteiger partial charge in [-0.25, -0.2) is 0 Å². The predicted octanol–water partition coefficient (Wildman–Crippen LogP) is 2.64. The lowest BCUT2D eigenvalue weighted by molar-refractivity contribution is 0.795. The van der Waals surface area contributed by atoms with E-state index in [1.54, 1.807) is 0 Å². The molecule has 0 amide bonds. The maximum Gasteiger partial charge on any atom is 0.0756 e. The average Bonchev–Trinajstić information content (AvgIpc) is 2.29. The molecule has 18 heavy (non-hydrogen) atoms. The molecule has 0 saturated carbocycles. The maximum atomic E-state index is 4.76. The van der Waals surface area contributed by atoms with Gasteiger partial charge in [0.1, 0.15) is 0 Å². The highest BCUT2D eigenvalue weighted by Gasteiger charge is 2.09. The highest BCUT2D eigenvalue weighted by atomic mass is 15.1. The first-order chi connectivity index (χ1) is 8.52. The quantitative estimate of drug-likeness (QED) is 0.898. The zero-order valence-corrected chi connectivity index (χ0v) is 11.8. The van der Waals surface area contributed by atoms with E-state index in [1.807, 2.05) is 7.05 Å². The van der Waals surface area contributed by atoms with Crippen molar-refractivity contribution < 1.29 is 0 Å². The van der Waals surface area contributed by atoms with Gasteiger partial charge < -0.3 is 10.2 Å². The van der Waals surface area contributed by atoms with Crippen LogP contribution in [-0.4, -0.2) is 26.1 Å². The van der Waals surface area contributed by atoms with Crippen molar-refractivity contribution in [2.24, 2.45) is 0 Å². The van der Waals surface area contributed by atoms with Gasteiger partial charge in [0.15, 0.2) is 0 Å². The number of aryl methyl sites for hydroxylation is 2. The second-order valence-corrected chi connectivity index (χ2v) is 5.04. The van der Waals surface area contributed by atoms with Crippen molar-refractivity contribution in [1.29, 1.82) is 0 Å². The zero-order valence-electron chi connectivity index (χ0n) is 11.8. The summed E-state index contributed by atoms with van der Waals surface area (Å²) >= 11 is 0. The number of aromatic nitrogens is 1. The molecule has 96 valence electrons. The summed E-state index contributed by atoms with van der Waals surface area (Å²) in [6.45, 7) is 5.06. The molecule has 0 bridgehead atoms. The van der Waals surface area contributed by atoms with Crippen LogP contribution in [-0.2, 0) is 6.54 Å². The number of nitrogens with zero attached hydrogens (tertiary/aromatic N) is 2. The molecule has 1 aromatic carbocycles. The minimum Gasteiger partial charge on any atom is -0.377 e. The number of fused-ring (bicyclic) bond motifs is 1. The second kappa shape index (κ2) is 4.94. The van der Waals surface area contributed by atoms with E-state index in [9.17, 15) is 0 Å². The molecule has 1 N–H and O–H groups in total. The number of hydrogen-bond donors (Lipinski definition) is 1. The largest absolute Gasteiger partial charge is 0.377 e. The van der Waals surface area contributed by atoms with Gasteiger partial charge in [-0.2, -0.15) is 0 Å². The molecule has 3 nitrogen and oxygen atoms in total. The first-order valence-corrected chi connectivity index (χ1v) is 6.25. The lowest BCUT2D eigenvalue weighted by Gasteiger charge is -2.18. The van der Waals surface area contributed by atoms with E-state index in [1.165, 1.54) is 22.2 Å². The molecule has 1 aromatic heterocycles. The summed E-state index contributed by atoms with van der Waals surface area (Å²) in [5.41, 5.74) is 5.95. The van der Waals surface area contributed by atoms with Crippen molar-refractivity contribution in [3.63, 3.8) is 0 Å². The molecule has 0 radical (unpaired) electrons. The Balaban J connectivity index is 2.76. The Hall–Kier alpha value is -1.61. The molecule has 0 unspecified atom stereocenters. The third-order valence-corrected chi connectivity index (χ3v) is 3.12. The summed E-state index contributed by atoms with van der Waals surface area (Å²) < 4.78 is 0. The van der Waals surface area contributed by atoms with E-state index in [-0.39, 0.29) is 0 Å². The molecule has 0 aliphatic rings. The number of hydrogen-bond acceptors (Lipinski definition) is 3. The van der Waals surface area contributed by atoms with E-state index < -0.39 is 0 Å². The second-order valence-electron chi connectivity index (χ2n) is 5.04. The van der Waals surface area contributed by atoms with Crippen LogP contribution in [0.1, 0.15) is 16.8 Å². The molecule has 1 heterocycles. The van der Waals surface area contributed by atoms with E-state index in [2.05, 4.69) is 56.4 Å². The number of pyridine rings is 1. The lowest BCUT2D eigenvalue weighted by Crippen LogP contribution is -2.13. The molecule has 0 atom stereocenters. The van der Waals surface area contributed by atoms with Gasteiger partial charge in [0, 0.05) is 31.7 Å². The number of nitrogens with one attached hydrogen (secondary N) is 1. The Bertz CT molecular complexity index is 573. The molecule has 0 aliphatic heterocycles. The Morgan fingerprint density at radius 2 is 1.89 bits per heavy atom. The van der Waals surface area contributed by atoms with Crippen molar-refractivity contribution in [1.82, 2.24) is 10.3 Å². The van der Waals surface area contributed by atoms with Crippen LogP contribution in [0.4, 0.5) is 5.69 Å². The molecule has 3 heteroatoms. The van der Waals surface area contributed by atoms with Crippen LogP contribution in [0.3, 0.4) is 0 Å². The Morgan fingerprint density at radius 3 is 2.50 bits per heavy atom.